The molecule has 2 rings (SSSR count). The average Bonchev–Trinajstić information content (AvgIpc) is 2.67. The van der Waals surface area contributed by atoms with E-state index in [0.29, 0.717) is 5.56 Å². The SMILES string of the molecule is COC(=O)c1cc(NC(=O)O/N=C\c2cccnc2)cc(C(=O)OC)c1. The molecule has 1 aromatic heterocycles. The van der Waals surface area contributed by atoms with Gasteiger partial charge in [0.25, 0.3) is 0 Å². The van der Waals surface area contributed by atoms with Crippen LogP contribution in [0, 0.1) is 0 Å². The number of ether oxygens (including phenoxy) is 2. The second-order valence-electron chi connectivity index (χ2n) is 4.81. The van der Waals surface area contributed by atoms with Crippen molar-refractivity contribution in [1.29, 1.82) is 0 Å². The van der Waals surface area contributed by atoms with Crippen LogP contribution in [0.1, 0.15) is 26.3 Å². The molecule has 1 N–H and O–H groups in total. The summed E-state index contributed by atoms with van der Waals surface area (Å²) in [5, 5.41) is 5.89. The quantitative estimate of drug-likeness (QED) is 0.377. The highest BCUT2D eigenvalue weighted by molar-refractivity contribution is 5.98. The lowest BCUT2D eigenvalue weighted by Gasteiger charge is -2.08. The fourth-order valence-electron chi connectivity index (χ4n) is 1.90. The third-order valence-electron chi connectivity index (χ3n) is 3.04. The van der Waals surface area contributed by atoms with Gasteiger partial charge in [-0.15, -0.1) is 0 Å². The van der Waals surface area contributed by atoms with Gasteiger partial charge < -0.3 is 9.47 Å². The van der Waals surface area contributed by atoms with Crippen LogP contribution >= 0.6 is 0 Å². The molecule has 9 nitrogen and oxygen atoms in total. The maximum Gasteiger partial charge on any atom is 0.437 e. The lowest BCUT2D eigenvalue weighted by Crippen LogP contribution is -2.13. The predicted molar refractivity (Wildman–Crippen MR) is 91.1 cm³/mol. The molecule has 0 saturated carbocycles. The van der Waals surface area contributed by atoms with E-state index < -0.39 is 18.0 Å². The van der Waals surface area contributed by atoms with Crippen LogP contribution in [0.15, 0.2) is 47.9 Å². The number of nitrogens with one attached hydrogen (secondary N) is 1. The van der Waals surface area contributed by atoms with E-state index in [1.54, 1.807) is 18.3 Å². The number of carbonyl (C=O) groups excluding carboxylic acids is 3. The summed E-state index contributed by atoms with van der Waals surface area (Å²) >= 11 is 0. The third-order valence-corrected chi connectivity index (χ3v) is 3.04. The largest absolute Gasteiger partial charge is 0.465 e. The Morgan fingerprint density at radius 2 is 1.73 bits per heavy atom. The van der Waals surface area contributed by atoms with E-state index in [9.17, 15) is 14.4 Å². The molecule has 9 heteroatoms. The molecule has 0 aliphatic rings. The lowest BCUT2D eigenvalue weighted by molar-refractivity contribution is 0.0599. The number of benzene rings is 1. The minimum atomic E-state index is -0.914. The topological polar surface area (TPSA) is 116 Å². The minimum absolute atomic E-state index is 0.0598. The number of pyridine rings is 1. The number of aromatic nitrogens is 1. The fraction of sp³-hybridized carbons (Fsp3) is 0.118. The van der Waals surface area contributed by atoms with Crippen molar-refractivity contribution in [3.05, 3.63) is 59.4 Å². The molecule has 2 aromatic rings. The Morgan fingerprint density at radius 1 is 1.08 bits per heavy atom. The molecule has 0 aliphatic carbocycles. The van der Waals surface area contributed by atoms with Crippen molar-refractivity contribution < 1.29 is 28.7 Å². The van der Waals surface area contributed by atoms with Gasteiger partial charge in [-0.3, -0.25) is 15.1 Å². The molecular weight excluding hydrogens is 342 g/mol. The number of hydrogen-bond donors (Lipinski definition) is 1. The van der Waals surface area contributed by atoms with Crippen LogP contribution in [0.3, 0.4) is 0 Å². The maximum absolute atomic E-state index is 11.8. The molecule has 1 amide bonds. The van der Waals surface area contributed by atoms with Crippen LogP contribution in [0.25, 0.3) is 0 Å². The monoisotopic (exact) mass is 357 g/mol. The summed E-state index contributed by atoms with van der Waals surface area (Å²) in [7, 11) is 2.39. The Bertz CT molecular complexity index is 801. The van der Waals surface area contributed by atoms with Gasteiger partial charge in [0.1, 0.15) is 0 Å². The number of anilines is 1. The van der Waals surface area contributed by atoms with Crippen LogP contribution in [0.4, 0.5) is 10.5 Å². The number of nitrogens with zero attached hydrogens (tertiary/aromatic N) is 2. The normalized spacial score (nSPS) is 10.2. The molecule has 134 valence electrons. The highest BCUT2D eigenvalue weighted by atomic mass is 16.7. The van der Waals surface area contributed by atoms with Crippen LogP contribution in [0.2, 0.25) is 0 Å². The van der Waals surface area contributed by atoms with Crippen LogP contribution in [-0.2, 0) is 14.3 Å². The van der Waals surface area contributed by atoms with Crippen LogP contribution < -0.4 is 5.32 Å². The van der Waals surface area contributed by atoms with Crippen molar-refractivity contribution in [2.24, 2.45) is 5.16 Å². The number of carbonyl (C=O) groups is 3. The summed E-state index contributed by atoms with van der Waals surface area (Å²) in [4.78, 5) is 43.7. The molecule has 0 spiro atoms. The van der Waals surface area contributed by atoms with E-state index in [0.717, 1.165) is 0 Å². The zero-order valence-electron chi connectivity index (χ0n) is 14.0. The molecule has 1 aromatic carbocycles. The summed E-state index contributed by atoms with van der Waals surface area (Å²) in [6, 6.07) is 7.36. The summed E-state index contributed by atoms with van der Waals surface area (Å²) in [5.41, 5.74) is 0.893. The second kappa shape index (κ2) is 8.92. The first-order chi connectivity index (χ1) is 12.5. The van der Waals surface area contributed by atoms with Crippen molar-refractivity contribution in [1.82, 2.24) is 4.98 Å². The highest BCUT2D eigenvalue weighted by Crippen LogP contribution is 2.17. The molecular formula is C17H15N3O6. The van der Waals surface area contributed by atoms with Gasteiger partial charge in [0.2, 0.25) is 0 Å². The first kappa shape index (κ1) is 18.6. The molecule has 0 aliphatic heterocycles. The Hall–Kier alpha value is -3.75. The fourth-order valence-corrected chi connectivity index (χ4v) is 1.90. The average molecular weight is 357 g/mol. The summed E-state index contributed by atoms with van der Waals surface area (Å²) < 4.78 is 9.23. The van der Waals surface area contributed by atoms with E-state index in [2.05, 4.69) is 29.8 Å². The summed E-state index contributed by atoms with van der Waals surface area (Å²) in [6.07, 6.45) is 3.52. The number of esters is 2. The number of hydrogen-bond acceptors (Lipinski definition) is 8. The van der Waals surface area contributed by atoms with Gasteiger partial charge in [-0.1, -0.05) is 11.2 Å². The maximum atomic E-state index is 11.8. The van der Waals surface area contributed by atoms with E-state index in [1.807, 2.05) is 0 Å². The van der Waals surface area contributed by atoms with Gasteiger partial charge in [-0.2, -0.15) is 0 Å². The Labute approximate surface area is 148 Å². The number of rotatable bonds is 5. The first-order valence-corrected chi connectivity index (χ1v) is 7.26. The molecule has 0 bridgehead atoms. The van der Waals surface area contributed by atoms with Gasteiger partial charge in [-0.25, -0.2) is 14.4 Å². The number of oxime groups is 1. The predicted octanol–water partition coefficient (Wildman–Crippen LogP) is 2.24. The van der Waals surface area contributed by atoms with Gasteiger partial charge in [0, 0.05) is 23.6 Å². The Morgan fingerprint density at radius 3 is 2.27 bits per heavy atom. The van der Waals surface area contributed by atoms with Crippen molar-refractivity contribution >= 4 is 29.9 Å². The number of methoxy groups -OCH3 is 2. The Kier molecular flexibility index (Phi) is 6.38. The van der Waals surface area contributed by atoms with E-state index in [1.165, 1.54) is 44.8 Å². The van der Waals surface area contributed by atoms with Gasteiger partial charge in [-0.05, 0) is 24.3 Å². The van der Waals surface area contributed by atoms with E-state index >= 15 is 0 Å². The zero-order valence-corrected chi connectivity index (χ0v) is 14.0. The molecule has 1 heterocycles. The van der Waals surface area contributed by atoms with Gasteiger partial charge in [0.05, 0.1) is 31.6 Å². The minimum Gasteiger partial charge on any atom is -0.465 e. The third kappa shape index (κ3) is 5.13. The molecule has 0 atom stereocenters. The highest BCUT2D eigenvalue weighted by Gasteiger charge is 2.15. The van der Waals surface area contributed by atoms with E-state index in [4.69, 9.17) is 0 Å². The van der Waals surface area contributed by atoms with Gasteiger partial charge in [0.15, 0.2) is 0 Å². The second-order valence-corrected chi connectivity index (χ2v) is 4.81. The summed E-state index contributed by atoms with van der Waals surface area (Å²) in [5.74, 6) is -1.36. The zero-order chi connectivity index (χ0) is 18.9. The van der Waals surface area contributed by atoms with Crippen molar-refractivity contribution in [2.45, 2.75) is 0 Å². The summed E-state index contributed by atoms with van der Waals surface area (Å²) in [6.45, 7) is 0. The van der Waals surface area contributed by atoms with Crippen molar-refractivity contribution in [3.8, 4) is 0 Å². The number of amides is 1. The molecule has 0 radical (unpaired) electrons. The Balaban J connectivity index is 2.11. The molecule has 0 saturated heterocycles. The van der Waals surface area contributed by atoms with E-state index in [-0.39, 0.29) is 16.8 Å². The van der Waals surface area contributed by atoms with Crippen LogP contribution in [-0.4, -0.2) is 43.5 Å². The molecule has 0 unspecified atom stereocenters. The smallest absolute Gasteiger partial charge is 0.437 e. The van der Waals surface area contributed by atoms with Crippen molar-refractivity contribution in [2.75, 3.05) is 19.5 Å². The molecule has 26 heavy (non-hydrogen) atoms. The molecule has 0 fully saturated rings. The van der Waals surface area contributed by atoms with Crippen molar-refractivity contribution in [3.63, 3.8) is 0 Å². The standard InChI is InChI=1S/C17H15N3O6/c1-24-15(21)12-6-13(16(22)25-2)8-14(7-12)20-17(23)26-19-10-11-4-3-5-18-9-11/h3-10H,1-2H3,(H,20,23)/b19-10-. The van der Waals surface area contributed by atoms with Gasteiger partial charge >= 0.3 is 18.0 Å². The first-order valence-electron chi connectivity index (χ1n) is 7.26. The lowest BCUT2D eigenvalue weighted by atomic mass is 10.1. The van der Waals surface area contributed by atoms with Crippen LogP contribution in [0.5, 0.6) is 0 Å².